The third kappa shape index (κ3) is 2.03. The Morgan fingerprint density at radius 2 is 2.33 bits per heavy atom. The summed E-state index contributed by atoms with van der Waals surface area (Å²) in [6.07, 6.45) is 0. The molecule has 1 heterocycles. The van der Waals surface area contributed by atoms with Gasteiger partial charge in [-0.2, -0.15) is 0 Å². The quantitative estimate of drug-likeness (QED) is 0.633. The highest BCUT2D eigenvalue weighted by atomic mass is 16.4. The van der Waals surface area contributed by atoms with E-state index < -0.39 is 6.04 Å². The van der Waals surface area contributed by atoms with Crippen LogP contribution < -0.4 is 11.1 Å². The molecule has 3 N–H and O–H groups in total. The predicted octanol–water partition coefficient (Wildman–Crippen LogP) is -0.336. The van der Waals surface area contributed by atoms with Gasteiger partial charge < -0.3 is 10.2 Å². The molecule has 0 spiro atoms. The first kappa shape index (κ1) is 8.66. The fourth-order valence-electron chi connectivity index (χ4n) is 0.566. The second-order valence-corrected chi connectivity index (χ2v) is 2.40. The fourth-order valence-corrected chi connectivity index (χ4v) is 0.566. The number of rotatable bonds is 2. The molecule has 0 radical (unpaired) electrons. The summed E-state index contributed by atoms with van der Waals surface area (Å²) in [7, 11) is 0. The number of aryl methyl sites for hydroxylation is 1. The monoisotopic (exact) mass is 170 g/mol. The Kier molecular flexibility index (Phi) is 2.39. The summed E-state index contributed by atoms with van der Waals surface area (Å²) >= 11 is 0. The molecule has 0 fully saturated rings. The minimum atomic E-state index is -0.586. The first-order valence-corrected chi connectivity index (χ1v) is 3.46. The third-order valence-corrected chi connectivity index (χ3v) is 1.17. The Morgan fingerprint density at radius 3 is 2.75 bits per heavy atom. The maximum atomic E-state index is 11.0. The molecule has 6 heteroatoms. The number of carbonyl (C=O) groups excluding carboxylic acids is 1. The van der Waals surface area contributed by atoms with Gasteiger partial charge in [0.2, 0.25) is 11.8 Å². The van der Waals surface area contributed by atoms with Gasteiger partial charge in [0.15, 0.2) is 0 Å². The molecule has 0 saturated heterocycles. The normalized spacial score (nSPS) is 12.6. The third-order valence-electron chi connectivity index (χ3n) is 1.17. The lowest BCUT2D eigenvalue weighted by molar-refractivity contribution is -0.117. The Morgan fingerprint density at radius 1 is 1.67 bits per heavy atom. The Bertz CT molecular complexity index is 281. The number of hydrogen-bond donors (Lipinski definition) is 2. The molecule has 1 atom stereocenters. The summed E-state index contributed by atoms with van der Waals surface area (Å²) in [6, 6.07) is -0.507. The van der Waals surface area contributed by atoms with E-state index in [1.165, 1.54) is 0 Å². The molecule has 12 heavy (non-hydrogen) atoms. The first-order valence-electron chi connectivity index (χ1n) is 3.46. The maximum absolute atomic E-state index is 11.0. The van der Waals surface area contributed by atoms with Crippen LogP contribution in [0, 0.1) is 6.92 Å². The summed E-state index contributed by atoms with van der Waals surface area (Å²) in [6.45, 7) is 3.20. The topological polar surface area (TPSA) is 94.0 Å². The smallest absolute Gasteiger partial charge is 0.322 e. The van der Waals surface area contributed by atoms with E-state index in [2.05, 4.69) is 15.5 Å². The number of aromatic nitrogens is 2. The van der Waals surface area contributed by atoms with Gasteiger partial charge in [0.1, 0.15) is 0 Å². The molecule has 0 saturated carbocycles. The minimum absolute atomic E-state index is 0.0785. The SMILES string of the molecule is Cc1nnc(NC(=O)[C@@H](C)N)o1. The van der Waals surface area contributed by atoms with Crippen LogP contribution >= 0.6 is 0 Å². The molecule has 0 aromatic carbocycles. The minimum Gasteiger partial charge on any atom is -0.408 e. The predicted molar refractivity (Wildman–Crippen MR) is 41.3 cm³/mol. The van der Waals surface area contributed by atoms with Crippen molar-refractivity contribution >= 4 is 11.9 Å². The number of amides is 1. The lowest BCUT2D eigenvalue weighted by atomic mass is 10.3. The second kappa shape index (κ2) is 3.31. The molecular formula is C6H10N4O2. The summed E-state index contributed by atoms with van der Waals surface area (Å²) in [5, 5.41) is 9.45. The molecule has 6 nitrogen and oxygen atoms in total. The van der Waals surface area contributed by atoms with Crippen molar-refractivity contribution in [3.05, 3.63) is 5.89 Å². The van der Waals surface area contributed by atoms with Crippen molar-refractivity contribution in [3.8, 4) is 0 Å². The second-order valence-electron chi connectivity index (χ2n) is 2.40. The molecule has 0 aliphatic rings. The molecule has 1 amide bonds. The van der Waals surface area contributed by atoms with E-state index in [9.17, 15) is 4.79 Å². The van der Waals surface area contributed by atoms with Crippen LogP contribution in [0.1, 0.15) is 12.8 Å². The van der Waals surface area contributed by atoms with Crippen molar-refractivity contribution in [2.24, 2.45) is 5.73 Å². The highest BCUT2D eigenvalue weighted by Gasteiger charge is 2.10. The molecule has 1 aromatic rings. The van der Waals surface area contributed by atoms with Crippen LogP contribution in [0.4, 0.5) is 6.01 Å². The van der Waals surface area contributed by atoms with Crippen molar-refractivity contribution in [2.75, 3.05) is 5.32 Å². The van der Waals surface area contributed by atoms with Crippen LogP contribution in [0.2, 0.25) is 0 Å². The number of nitrogens with one attached hydrogen (secondary N) is 1. The van der Waals surface area contributed by atoms with Gasteiger partial charge in [-0.3, -0.25) is 10.1 Å². The Balaban J connectivity index is 2.58. The molecule has 1 rings (SSSR count). The van der Waals surface area contributed by atoms with Gasteiger partial charge in [0.25, 0.3) is 0 Å². The summed E-state index contributed by atoms with van der Waals surface area (Å²) in [4.78, 5) is 11.0. The molecule has 66 valence electrons. The van der Waals surface area contributed by atoms with Gasteiger partial charge in [-0.25, -0.2) is 0 Å². The maximum Gasteiger partial charge on any atom is 0.322 e. The van der Waals surface area contributed by atoms with Crippen molar-refractivity contribution in [1.82, 2.24) is 10.2 Å². The standard InChI is InChI=1S/C6H10N4O2/c1-3(7)5(11)8-6-10-9-4(2)12-6/h3H,7H2,1-2H3,(H,8,10,11)/t3-/m1/s1. The van der Waals surface area contributed by atoms with Crippen LogP contribution in [-0.4, -0.2) is 22.1 Å². The van der Waals surface area contributed by atoms with E-state index in [1.54, 1.807) is 13.8 Å². The van der Waals surface area contributed by atoms with Crippen molar-refractivity contribution in [2.45, 2.75) is 19.9 Å². The highest BCUT2D eigenvalue weighted by molar-refractivity contribution is 5.92. The number of nitrogens with two attached hydrogens (primary N) is 1. The van der Waals surface area contributed by atoms with Crippen LogP contribution in [0.5, 0.6) is 0 Å². The van der Waals surface area contributed by atoms with E-state index in [1.807, 2.05) is 0 Å². The van der Waals surface area contributed by atoms with Crippen molar-refractivity contribution in [1.29, 1.82) is 0 Å². The first-order chi connectivity index (χ1) is 5.59. The Labute approximate surface area is 69.1 Å². The van der Waals surface area contributed by atoms with Crippen LogP contribution in [0.3, 0.4) is 0 Å². The Hall–Kier alpha value is -1.43. The van der Waals surface area contributed by atoms with Gasteiger partial charge >= 0.3 is 6.01 Å². The van der Waals surface area contributed by atoms with E-state index in [0.717, 1.165) is 0 Å². The number of nitrogens with zero attached hydrogens (tertiary/aromatic N) is 2. The molecule has 0 aliphatic carbocycles. The summed E-state index contributed by atoms with van der Waals surface area (Å²) in [5.41, 5.74) is 5.29. The zero-order valence-corrected chi connectivity index (χ0v) is 6.87. The van der Waals surface area contributed by atoms with E-state index in [0.29, 0.717) is 5.89 Å². The molecule has 0 unspecified atom stereocenters. The van der Waals surface area contributed by atoms with Gasteiger partial charge in [-0.1, -0.05) is 5.10 Å². The lowest BCUT2D eigenvalue weighted by Crippen LogP contribution is -2.32. The van der Waals surface area contributed by atoms with Gasteiger partial charge in [-0.15, -0.1) is 5.10 Å². The summed E-state index contributed by atoms with van der Waals surface area (Å²) < 4.78 is 4.89. The molecular weight excluding hydrogens is 160 g/mol. The zero-order valence-electron chi connectivity index (χ0n) is 6.87. The molecule has 0 bridgehead atoms. The molecule has 0 aliphatic heterocycles. The van der Waals surface area contributed by atoms with Crippen LogP contribution in [-0.2, 0) is 4.79 Å². The van der Waals surface area contributed by atoms with Gasteiger partial charge in [0.05, 0.1) is 6.04 Å². The van der Waals surface area contributed by atoms with Crippen LogP contribution in [0.25, 0.3) is 0 Å². The number of carbonyl (C=O) groups is 1. The van der Waals surface area contributed by atoms with E-state index in [4.69, 9.17) is 10.2 Å². The number of hydrogen-bond acceptors (Lipinski definition) is 5. The van der Waals surface area contributed by atoms with Crippen molar-refractivity contribution < 1.29 is 9.21 Å². The summed E-state index contributed by atoms with van der Waals surface area (Å²) in [5.74, 6) is 0.0497. The highest BCUT2D eigenvalue weighted by Crippen LogP contribution is 2.03. The molecule has 1 aromatic heterocycles. The van der Waals surface area contributed by atoms with E-state index in [-0.39, 0.29) is 11.9 Å². The largest absolute Gasteiger partial charge is 0.408 e. The van der Waals surface area contributed by atoms with E-state index >= 15 is 0 Å². The van der Waals surface area contributed by atoms with Gasteiger partial charge in [-0.05, 0) is 6.92 Å². The number of anilines is 1. The fraction of sp³-hybridized carbons (Fsp3) is 0.500. The lowest BCUT2D eigenvalue weighted by Gasteiger charge is -2.01. The average molecular weight is 170 g/mol. The van der Waals surface area contributed by atoms with Crippen LogP contribution in [0.15, 0.2) is 4.42 Å². The van der Waals surface area contributed by atoms with Crippen molar-refractivity contribution in [3.63, 3.8) is 0 Å². The zero-order chi connectivity index (χ0) is 9.14. The van der Waals surface area contributed by atoms with Gasteiger partial charge in [0, 0.05) is 6.92 Å². The average Bonchev–Trinajstić information content (AvgIpc) is 2.35.